The second kappa shape index (κ2) is 5.36. The first-order valence-corrected chi connectivity index (χ1v) is 6.51. The van der Waals surface area contributed by atoms with Gasteiger partial charge in [0.05, 0.1) is 17.3 Å². The predicted molar refractivity (Wildman–Crippen MR) is 79.9 cm³/mol. The summed E-state index contributed by atoms with van der Waals surface area (Å²) in [4.78, 5) is 8.79. The van der Waals surface area contributed by atoms with Gasteiger partial charge in [0, 0.05) is 17.8 Å². The Hall–Kier alpha value is -2.30. The van der Waals surface area contributed by atoms with Gasteiger partial charge in [-0.2, -0.15) is 0 Å². The average Bonchev–Trinajstić information content (AvgIpc) is 2.48. The Labute approximate surface area is 117 Å². The molecular formula is C16H16N4. The molecule has 0 saturated carbocycles. The number of hydrogen-bond donors (Lipinski definition) is 2. The topological polar surface area (TPSA) is 63.8 Å². The zero-order chi connectivity index (χ0) is 13.9. The highest BCUT2D eigenvalue weighted by atomic mass is 15.2. The number of hydrazine groups is 1. The Morgan fingerprint density at radius 2 is 1.95 bits per heavy atom. The minimum atomic E-state index is -0.138. The Bertz CT molecular complexity index is 739. The number of nitrogens with one attached hydrogen (secondary N) is 1. The number of hydrogen-bond acceptors (Lipinski definition) is 4. The van der Waals surface area contributed by atoms with Crippen molar-refractivity contribution < 1.29 is 0 Å². The molecule has 1 aromatic carbocycles. The molecule has 0 bridgehead atoms. The highest BCUT2D eigenvalue weighted by molar-refractivity contribution is 5.79. The minimum absolute atomic E-state index is 0.138. The first kappa shape index (κ1) is 12.7. The fourth-order valence-electron chi connectivity index (χ4n) is 2.33. The summed E-state index contributed by atoms with van der Waals surface area (Å²) in [6.07, 6.45) is 3.59. The lowest BCUT2D eigenvalue weighted by molar-refractivity contribution is 0.621. The van der Waals surface area contributed by atoms with Crippen LogP contribution in [0.5, 0.6) is 0 Å². The Morgan fingerprint density at radius 3 is 2.75 bits per heavy atom. The lowest BCUT2D eigenvalue weighted by atomic mass is 10.0. The van der Waals surface area contributed by atoms with Gasteiger partial charge in [-0.15, -0.1) is 0 Å². The molecule has 2 heterocycles. The number of nitrogens with two attached hydrogens (primary N) is 1. The Kier molecular flexibility index (Phi) is 3.41. The van der Waals surface area contributed by atoms with Gasteiger partial charge < -0.3 is 0 Å². The lowest BCUT2D eigenvalue weighted by Gasteiger charge is -2.16. The molecule has 0 aliphatic rings. The second-order valence-electron chi connectivity index (χ2n) is 4.81. The molecule has 0 aliphatic heterocycles. The fraction of sp³-hybridized carbons (Fsp3) is 0.125. The lowest BCUT2D eigenvalue weighted by Crippen LogP contribution is -2.29. The molecule has 0 radical (unpaired) electrons. The van der Waals surface area contributed by atoms with Gasteiger partial charge in [-0.05, 0) is 42.3 Å². The van der Waals surface area contributed by atoms with Crippen molar-refractivity contribution in [2.45, 2.75) is 13.0 Å². The minimum Gasteiger partial charge on any atom is -0.271 e. The number of pyridine rings is 2. The summed E-state index contributed by atoms with van der Waals surface area (Å²) < 4.78 is 0. The summed E-state index contributed by atoms with van der Waals surface area (Å²) in [5.74, 6) is 5.72. The van der Waals surface area contributed by atoms with E-state index in [0.29, 0.717) is 0 Å². The summed E-state index contributed by atoms with van der Waals surface area (Å²) in [6.45, 7) is 2.04. The molecular weight excluding hydrogens is 248 g/mol. The summed E-state index contributed by atoms with van der Waals surface area (Å²) >= 11 is 0. The quantitative estimate of drug-likeness (QED) is 0.563. The van der Waals surface area contributed by atoms with Crippen LogP contribution in [0.25, 0.3) is 10.9 Å². The smallest absolute Gasteiger partial charge is 0.0882 e. The zero-order valence-electron chi connectivity index (χ0n) is 11.2. The van der Waals surface area contributed by atoms with Gasteiger partial charge in [-0.3, -0.25) is 15.8 Å². The molecule has 3 aromatic rings. The van der Waals surface area contributed by atoms with Gasteiger partial charge in [0.15, 0.2) is 0 Å². The summed E-state index contributed by atoms with van der Waals surface area (Å²) in [5, 5.41) is 1.12. The second-order valence-corrected chi connectivity index (χ2v) is 4.81. The molecule has 1 unspecified atom stereocenters. The van der Waals surface area contributed by atoms with Crippen molar-refractivity contribution in [3.8, 4) is 0 Å². The van der Waals surface area contributed by atoms with Crippen molar-refractivity contribution in [3.05, 3.63) is 71.7 Å². The molecule has 20 heavy (non-hydrogen) atoms. The first-order chi connectivity index (χ1) is 9.78. The third-order valence-corrected chi connectivity index (χ3v) is 3.36. The Morgan fingerprint density at radius 1 is 1.05 bits per heavy atom. The molecule has 0 saturated heterocycles. The van der Waals surface area contributed by atoms with E-state index in [2.05, 4.69) is 27.5 Å². The molecule has 1 atom stereocenters. The first-order valence-electron chi connectivity index (χ1n) is 6.51. The van der Waals surface area contributed by atoms with Crippen molar-refractivity contribution in [2.24, 2.45) is 5.84 Å². The van der Waals surface area contributed by atoms with E-state index in [0.717, 1.165) is 27.7 Å². The van der Waals surface area contributed by atoms with Crippen molar-refractivity contribution >= 4 is 10.9 Å². The molecule has 2 aromatic heterocycles. The predicted octanol–water partition coefficient (Wildman–Crippen LogP) is 2.49. The van der Waals surface area contributed by atoms with Gasteiger partial charge in [-0.25, -0.2) is 5.43 Å². The number of fused-ring (bicyclic) bond motifs is 1. The summed E-state index contributed by atoms with van der Waals surface area (Å²) in [6, 6.07) is 14.0. The molecule has 3 N–H and O–H groups in total. The molecule has 0 amide bonds. The number of aryl methyl sites for hydroxylation is 1. The number of benzene rings is 1. The van der Waals surface area contributed by atoms with E-state index < -0.39 is 0 Å². The van der Waals surface area contributed by atoms with Gasteiger partial charge in [0.25, 0.3) is 0 Å². The number of nitrogens with zero attached hydrogens (tertiary/aromatic N) is 2. The van der Waals surface area contributed by atoms with Crippen LogP contribution in [0.15, 0.2) is 54.9 Å². The highest BCUT2D eigenvalue weighted by Gasteiger charge is 2.14. The van der Waals surface area contributed by atoms with E-state index in [1.54, 1.807) is 12.4 Å². The normalized spacial score (nSPS) is 12.5. The van der Waals surface area contributed by atoms with E-state index in [9.17, 15) is 0 Å². The summed E-state index contributed by atoms with van der Waals surface area (Å²) in [5.41, 5.74) is 6.91. The maximum atomic E-state index is 5.72. The summed E-state index contributed by atoms with van der Waals surface area (Å²) in [7, 11) is 0. The number of aromatic nitrogens is 2. The largest absolute Gasteiger partial charge is 0.271 e. The van der Waals surface area contributed by atoms with Gasteiger partial charge in [-0.1, -0.05) is 18.2 Å². The SMILES string of the molecule is Cc1ccnc(C(NN)c2ccc3cccnc3c2)c1. The maximum Gasteiger partial charge on any atom is 0.0882 e. The molecule has 0 spiro atoms. The third-order valence-electron chi connectivity index (χ3n) is 3.36. The van der Waals surface area contributed by atoms with Gasteiger partial charge in [0.1, 0.15) is 0 Å². The molecule has 100 valence electrons. The van der Waals surface area contributed by atoms with Crippen LogP contribution in [0.3, 0.4) is 0 Å². The van der Waals surface area contributed by atoms with Crippen molar-refractivity contribution in [2.75, 3.05) is 0 Å². The molecule has 4 heteroatoms. The van der Waals surface area contributed by atoms with Gasteiger partial charge in [0.2, 0.25) is 0 Å². The average molecular weight is 264 g/mol. The van der Waals surface area contributed by atoms with E-state index in [1.165, 1.54) is 0 Å². The zero-order valence-corrected chi connectivity index (χ0v) is 11.2. The van der Waals surface area contributed by atoms with Crippen molar-refractivity contribution in [3.63, 3.8) is 0 Å². The van der Waals surface area contributed by atoms with Crippen LogP contribution in [0.4, 0.5) is 0 Å². The van der Waals surface area contributed by atoms with Crippen LogP contribution in [0, 0.1) is 6.92 Å². The van der Waals surface area contributed by atoms with Crippen LogP contribution >= 0.6 is 0 Å². The van der Waals surface area contributed by atoms with Crippen LogP contribution < -0.4 is 11.3 Å². The van der Waals surface area contributed by atoms with Gasteiger partial charge >= 0.3 is 0 Å². The molecule has 0 fully saturated rings. The Balaban J connectivity index is 2.07. The molecule has 3 rings (SSSR count). The van der Waals surface area contributed by atoms with E-state index in [4.69, 9.17) is 5.84 Å². The van der Waals surface area contributed by atoms with Crippen LogP contribution in [0.1, 0.15) is 22.9 Å². The molecule has 4 nitrogen and oxygen atoms in total. The maximum absolute atomic E-state index is 5.72. The van der Waals surface area contributed by atoms with Crippen LogP contribution in [0.2, 0.25) is 0 Å². The van der Waals surface area contributed by atoms with E-state index in [-0.39, 0.29) is 6.04 Å². The molecule has 0 aliphatic carbocycles. The van der Waals surface area contributed by atoms with E-state index >= 15 is 0 Å². The monoisotopic (exact) mass is 264 g/mol. The number of rotatable bonds is 3. The fourth-order valence-corrected chi connectivity index (χ4v) is 2.33. The van der Waals surface area contributed by atoms with Crippen molar-refractivity contribution in [1.29, 1.82) is 0 Å². The van der Waals surface area contributed by atoms with Crippen LogP contribution in [-0.4, -0.2) is 9.97 Å². The van der Waals surface area contributed by atoms with Crippen molar-refractivity contribution in [1.82, 2.24) is 15.4 Å². The highest BCUT2D eigenvalue weighted by Crippen LogP contribution is 2.23. The standard InChI is InChI=1S/C16H16N4/c1-11-6-8-19-15(9-11)16(20-17)13-5-4-12-3-2-7-18-14(12)10-13/h2-10,16,20H,17H2,1H3. The third kappa shape index (κ3) is 2.39. The van der Waals surface area contributed by atoms with Crippen LogP contribution in [-0.2, 0) is 0 Å². The van der Waals surface area contributed by atoms with E-state index in [1.807, 2.05) is 37.3 Å².